The predicted molar refractivity (Wildman–Crippen MR) is 83.3 cm³/mol. The average molecular weight is 330 g/mol. The average Bonchev–Trinajstić information content (AvgIpc) is 3.38. The molecule has 2 aliphatic heterocycles. The third-order valence-electron chi connectivity index (χ3n) is 5.60. The molecule has 1 aliphatic carbocycles. The lowest BCUT2D eigenvalue weighted by molar-refractivity contribution is -0.139. The van der Waals surface area contributed by atoms with Gasteiger partial charge in [0.2, 0.25) is 17.7 Å². The van der Waals surface area contributed by atoms with E-state index in [1.54, 1.807) is 12.1 Å². The van der Waals surface area contributed by atoms with Crippen LogP contribution in [0.25, 0.3) is 0 Å². The van der Waals surface area contributed by atoms with Crippen LogP contribution in [0.15, 0.2) is 24.3 Å². The van der Waals surface area contributed by atoms with E-state index in [1.807, 2.05) is 4.90 Å². The Labute approximate surface area is 139 Å². The molecule has 6 heteroatoms. The maximum absolute atomic E-state index is 13.2. The Hall–Kier alpha value is -2.24. The summed E-state index contributed by atoms with van der Waals surface area (Å²) in [5, 5.41) is 2.44. The molecule has 5 nitrogen and oxygen atoms in total. The van der Waals surface area contributed by atoms with Crippen LogP contribution in [-0.4, -0.2) is 35.7 Å². The minimum atomic E-state index is -0.824. The Kier molecular flexibility index (Phi) is 3.44. The van der Waals surface area contributed by atoms with Crippen LogP contribution in [0.5, 0.6) is 0 Å². The van der Waals surface area contributed by atoms with Gasteiger partial charge < -0.3 is 4.90 Å². The SMILES string of the molecule is O=C1NC(=O)C2(CCN(C(=O)C3CC3)CC2)C1c1ccc(F)cc1. The van der Waals surface area contributed by atoms with Crippen LogP contribution in [0.2, 0.25) is 0 Å². The second kappa shape index (κ2) is 5.40. The summed E-state index contributed by atoms with van der Waals surface area (Å²) in [4.78, 5) is 38.9. The fourth-order valence-corrected chi connectivity index (χ4v) is 4.05. The number of benzene rings is 1. The Morgan fingerprint density at radius 3 is 2.33 bits per heavy atom. The number of hydrogen-bond acceptors (Lipinski definition) is 3. The number of halogens is 1. The summed E-state index contributed by atoms with van der Waals surface area (Å²) in [7, 11) is 0. The summed E-state index contributed by atoms with van der Waals surface area (Å²) in [6.45, 7) is 0.988. The molecule has 1 spiro atoms. The van der Waals surface area contributed by atoms with Gasteiger partial charge in [0.05, 0.1) is 11.3 Å². The van der Waals surface area contributed by atoms with Gasteiger partial charge in [-0.1, -0.05) is 12.1 Å². The van der Waals surface area contributed by atoms with E-state index < -0.39 is 11.3 Å². The number of piperidine rings is 1. The standard InChI is InChI=1S/C18H19FN2O3/c19-13-5-3-11(4-6-13)14-15(22)20-17(24)18(14)7-9-21(10-8-18)16(23)12-1-2-12/h3-6,12,14H,1-2,7-10H2,(H,20,22,24). The molecule has 4 rings (SSSR count). The first-order chi connectivity index (χ1) is 11.5. The van der Waals surface area contributed by atoms with Gasteiger partial charge in [0, 0.05) is 19.0 Å². The Morgan fingerprint density at radius 2 is 1.75 bits per heavy atom. The second-order valence-corrected chi connectivity index (χ2v) is 7.06. The zero-order valence-electron chi connectivity index (χ0n) is 13.3. The third kappa shape index (κ3) is 2.32. The van der Waals surface area contributed by atoms with Gasteiger partial charge in [-0.3, -0.25) is 19.7 Å². The number of hydrogen-bond donors (Lipinski definition) is 1. The van der Waals surface area contributed by atoms with Crippen molar-refractivity contribution >= 4 is 17.7 Å². The molecule has 1 saturated carbocycles. The van der Waals surface area contributed by atoms with Gasteiger partial charge in [-0.15, -0.1) is 0 Å². The minimum Gasteiger partial charge on any atom is -0.342 e. The molecule has 0 bridgehead atoms. The van der Waals surface area contributed by atoms with E-state index >= 15 is 0 Å². The molecule has 1 N–H and O–H groups in total. The quantitative estimate of drug-likeness (QED) is 0.838. The summed E-state index contributed by atoms with van der Waals surface area (Å²) in [6.07, 6.45) is 2.84. The fourth-order valence-electron chi connectivity index (χ4n) is 4.05. The van der Waals surface area contributed by atoms with E-state index in [0.717, 1.165) is 12.8 Å². The van der Waals surface area contributed by atoms with Gasteiger partial charge in [0.1, 0.15) is 5.82 Å². The van der Waals surface area contributed by atoms with Crippen molar-refractivity contribution in [1.29, 1.82) is 0 Å². The maximum atomic E-state index is 13.2. The van der Waals surface area contributed by atoms with Crippen molar-refractivity contribution in [2.45, 2.75) is 31.6 Å². The Morgan fingerprint density at radius 1 is 1.12 bits per heavy atom. The summed E-state index contributed by atoms with van der Waals surface area (Å²) < 4.78 is 13.2. The van der Waals surface area contributed by atoms with Crippen molar-refractivity contribution in [3.8, 4) is 0 Å². The first-order valence-corrected chi connectivity index (χ1v) is 8.41. The molecule has 1 atom stereocenters. The Bertz CT molecular complexity index is 703. The van der Waals surface area contributed by atoms with E-state index in [0.29, 0.717) is 31.5 Å². The fraction of sp³-hybridized carbons (Fsp3) is 0.500. The molecular formula is C18H19FN2O3. The highest BCUT2D eigenvalue weighted by Gasteiger charge is 2.57. The summed E-state index contributed by atoms with van der Waals surface area (Å²) in [5.41, 5.74) is -0.170. The van der Waals surface area contributed by atoms with Crippen LogP contribution in [-0.2, 0) is 14.4 Å². The summed E-state index contributed by atoms with van der Waals surface area (Å²) in [5.74, 6) is -1.24. The predicted octanol–water partition coefficient (Wildman–Crippen LogP) is 1.58. The third-order valence-corrected chi connectivity index (χ3v) is 5.60. The van der Waals surface area contributed by atoms with Crippen LogP contribution in [0, 0.1) is 17.2 Å². The van der Waals surface area contributed by atoms with Crippen LogP contribution < -0.4 is 5.32 Å². The normalized spacial score (nSPS) is 25.9. The Balaban J connectivity index is 1.59. The number of carbonyl (C=O) groups excluding carboxylic acids is 3. The van der Waals surface area contributed by atoms with Crippen LogP contribution in [0.1, 0.15) is 37.2 Å². The highest BCUT2D eigenvalue weighted by Crippen LogP contribution is 2.48. The van der Waals surface area contributed by atoms with E-state index in [9.17, 15) is 18.8 Å². The van der Waals surface area contributed by atoms with Gasteiger partial charge in [-0.05, 0) is 43.4 Å². The van der Waals surface area contributed by atoms with E-state index in [2.05, 4.69) is 5.32 Å². The topological polar surface area (TPSA) is 66.5 Å². The largest absolute Gasteiger partial charge is 0.342 e. The van der Waals surface area contributed by atoms with Gasteiger partial charge >= 0.3 is 0 Å². The smallest absolute Gasteiger partial charge is 0.235 e. The van der Waals surface area contributed by atoms with Crippen molar-refractivity contribution in [2.24, 2.45) is 11.3 Å². The number of carbonyl (C=O) groups is 3. The van der Waals surface area contributed by atoms with E-state index in [-0.39, 0.29) is 29.5 Å². The molecule has 3 amide bonds. The minimum absolute atomic E-state index is 0.158. The van der Waals surface area contributed by atoms with Crippen LogP contribution in [0.3, 0.4) is 0 Å². The first-order valence-electron chi connectivity index (χ1n) is 8.41. The molecule has 2 heterocycles. The van der Waals surface area contributed by atoms with E-state index in [4.69, 9.17) is 0 Å². The molecule has 1 unspecified atom stereocenters. The monoisotopic (exact) mass is 330 g/mol. The molecule has 3 fully saturated rings. The van der Waals surface area contributed by atoms with Gasteiger partial charge in [0.15, 0.2) is 0 Å². The molecular weight excluding hydrogens is 311 g/mol. The molecule has 24 heavy (non-hydrogen) atoms. The van der Waals surface area contributed by atoms with Crippen LogP contribution in [0.4, 0.5) is 4.39 Å². The van der Waals surface area contributed by atoms with Crippen molar-refractivity contribution in [1.82, 2.24) is 10.2 Å². The highest BCUT2D eigenvalue weighted by molar-refractivity contribution is 6.10. The molecule has 0 radical (unpaired) electrons. The van der Waals surface area contributed by atoms with Gasteiger partial charge in [-0.2, -0.15) is 0 Å². The summed E-state index contributed by atoms with van der Waals surface area (Å²) in [6, 6.07) is 5.76. The lowest BCUT2D eigenvalue weighted by atomic mass is 9.67. The van der Waals surface area contributed by atoms with Crippen molar-refractivity contribution in [3.63, 3.8) is 0 Å². The zero-order valence-corrected chi connectivity index (χ0v) is 13.3. The van der Waals surface area contributed by atoms with Crippen molar-refractivity contribution < 1.29 is 18.8 Å². The molecule has 2 saturated heterocycles. The number of likely N-dealkylation sites (tertiary alicyclic amines) is 1. The number of nitrogens with zero attached hydrogens (tertiary/aromatic N) is 1. The second-order valence-electron chi connectivity index (χ2n) is 7.06. The van der Waals surface area contributed by atoms with Crippen molar-refractivity contribution in [2.75, 3.05) is 13.1 Å². The number of rotatable bonds is 2. The summed E-state index contributed by atoms with van der Waals surface area (Å²) >= 11 is 0. The molecule has 3 aliphatic rings. The van der Waals surface area contributed by atoms with Gasteiger partial charge in [-0.25, -0.2) is 4.39 Å². The lowest BCUT2D eigenvalue weighted by Gasteiger charge is -2.40. The van der Waals surface area contributed by atoms with E-state index in [1.165, 1.54) is 12.1 Å². The highest BCUT2D eigenvalue weighted by atomic mass is 19.1. The molecule has 1 aromatic carbocycles. The molecule has 0 aromatic heterocycles. The number of nitrogens with one attached hydrogen (secondary N) is 1. The molecule has 1 aromatic rings. The first kappa shape index (κ1) is 15.3. The number of imide groups is 1. The van der Waals surface area contributed by atoms with Crippen LogP contribution >= 0.6 is 0 Å². The molecule has 126 valence electrons. The zero-order chi connectivity index (χ0) is 16.9. The van der Waals surface area contributed by atoms with Gasteiger partial charge in [0.25, 0.3) is 0 Å². The van der Waals surface area contributed by atoms with Crippen molar-refractivity contribution in [3.05, 3.63) is 35.6 Å². The lowest BCUT2D eigenvalue weighted by Crippen LogP contribution is -2.48. The maximum Gasteiger partial charge on any atom is 0.235 e. The number of amides is 3.